The van der Waals surface area contributed by atoms with E-state index in [9.17, 15) is 18.3 Å². The molecule has 3 rings (SSSR count). The fourth-order valence-electron chi connectivity index (χ4n) is 3.13. The first-order chi connectivity index (χ1) is 14.4. The number of aromatic nitrogens is 1. The van der Waals surface area contributed by atoms with Crippen molar-refractivity contribution in [1.82, 2.24) is 14.8 Å². The Morgan fingerprint density at radius 2 is 1.90 bits per heavy atom. The van der Waals surface area contributed by atoms with Crippen molar-refractivity contribution < 1.29 is 33.0 Å². The molecule has 0 aliphatic carbocycles. The second-order valence-electron chi connectivity index (χ2n) is 6.66. The van der Waals surface area contributed by atoms with Crippen molar-refractivity contribution >= 4 is 16.1 Å². The van der Waals surface area contributed by atoms with E-state index in [1.54, 1.807) is 12.4 Å². The average molecular weight is 437 g/mol. The monoisotopic (exact) mass is 437 g/mol. The van der Waals surface area contributed by atoms with E-state index in [0.717, 1.165) is 9.87 Å². The number of carbonyl (C=O) groups is 1. The summed E-state index contributed by atoms with van der Waals surface area (Å²) in [5.41, 5.74) is 2.34. The van der Waals surface area contributed by atoms with Crippen LogP contribution in [0.25, 0.3) is 0 Å². The van der Waals surface area contributed by atoms with Gasteiger partial charge in [0.25, 0.3) is 0 Å². The van der Waals surface area contributed by atoms with Gasteiger partial charge in [0.05, 0.1) is 11.5 Å². The largest absolute Gasteiger partial charge is 0.493 e. The molecule has 2 atom stereocenters. The van der Waals surface area contributed by atoms with Gasteiger partial charge in [0.15, 0.2) is 6.23 Å². The van der Waals surface area contributed by atoms with E-state index in [1.807, 2.05) is 12.1 Å². The molecular formula is C19H23N3O7S. The maximum atomic E-state index is 13.0. The lowest BCUT2D eigenvalue weighted by Gasteiger charge is -2.36. The molecule has 10 nitrogen and oxygen atoms in total. The van der Waals surface area contributed by atoms with Gasteiger partial charge in [-0.05, 0) is 54.8 Å². The number of sulfonamides is 1. The van der Waals surface area contributed by atoms with Crippen LogP contribution < -0.4 is 10.2 Å². The Labute approximate surface area is 174 Å². The van der Waals surface area contributed by atoms with E-state index in [2.05, 4.69) is 4.98 Å². The van der Waals surface area contributed by atoms with Gasteiger partial charge < -0.3 is 14.6 Å². The Balaban J connectivity index is 1.68. The molecule has 1 aliphatic heterocycles. The lowest BCUT2D eigenvalue weighted by Crippen LogP contribution is -2.53. The van der Waals surface area contributed by atoms with Gasteiger partial charge in [-0.25, -0.2) is 18.7 Å². The number of aliphatic hydroxyl groups excluding tert-OH is 1. The van der Waals surface area contributed by atoms with Crippen LogP contribution in [-0.4, -0.2) is 59.6 Å². The Morgan fingerprint density at radius 3 is 2.57 bits per heavy atom. The molecule has 1 saturated heterocycles. The fourth-order valence-corrected chi connectivity index (χ4v) is 4.71. The van der Waals surface area contributed by atoms with Crippen LogP contribution in [-0.2, 0) is 21.2 Å². The highest BCUT2D eigenvalue weighted by Gasteiger charge is 2.41. The predicted molar refractivity (Wildman–Crippen MR) is 104 cm³/mol. The third-order valence-corrected chi connectivity index (χ3v) is 6.53. The van der Waals surface area contributed by atoms with Gasteiger partial charge in [0.2, 0.25) is 10.0 Å². The highest BCUT2D eigenvalue weighted by atomic mass is 32.2. The van der Waals surface area contributed by atoms with Crippen molar-refractivity contribution in [3.05, 3.63) is 54.4 Å². The third-order valence-electron chi connectivity index (χ3n) is 4.65. The van der Waals surface area contributed by atoms with Crippen LogP contribution >= 0.6 is 0 Å². The fraction of sp³-hybridized carbons (Fsp3) is 0.368. The maximum absolute atomic E-state index is 13.0. The number of ether oxygens (including phenoxy) is 2. The first kappa shape index (κ1) is 22.0. The maximum Gasteiger partial charge on any atom is 0.432 e. The van der Waals surface area contributed by atoms with E-state index in [1.165, 1.54) is 29.7 Å². The molecule has 0 bridgehead atoms. The van der Waals surface area contributed by atoms with Gasteiger partial charge >= 0.3 is 6.09 Å². The number of nitrogens with zero attached hydrogens (tertiary/aromatic N) is 2. The average Bonchev–Trinajstić information content (AvgIpc) is 2.76. The zero-order valence-corrected chi connectivity index (χ0v) is 16.9. The highest BCUT2D eigenvalue weighted by Crippen LogP contribution is 2.27. The van der Waals surface area contributed by atoms with E-state index >= 15 is 0 Å². The SMILES string of the molecule is O=C(NO)O[C@@H]1[C@@H](O)CCCN1S(=O)(=O)c1ccc(OCCc2ccncc2)cc1. The lowest BCUT2D eigenvalue weighted by molar-refractivity contribution is -0.0837. The molecule has 2 heterocycles. The number of hydroxylamine groups is 1. The van der Waals surface area contributed by atoms with Gasteiger partial charge in [-0.15, -0.1) is 0 Å². The number of nitrogens with one attached hydrogen (secondary N) is 1. The summed E-state index contributed by atoms with van der Waals surface area (Å²) in [6.07, 6.45) is 0.853. The van der Waals surface area contributed by atoms with Gasteiger partial charge in [-0.3, -0.25) is 10.2 Å². The van der Waals surface area contributed by atoms with E-state index in [0.29, 0.717) is 25.2 Å². The standard InChI is InChI=1S/C19H23N3O7S/c23-17-2-1-12-22(18(17)29-19(24)21-25)30(26,27)16-5-3-15(4-6-16)28-13-9-14-7-10-20-11-8-14/h3-8,10-11,17-18,23,25H,1-2,9,12-13H2,(H,21,24)/t17-,18+/m0/s1. The van der Waals surface area contributed by atoms with Crippen molar-refractivity contribution in [2.75, 3.05) is 13.2 Å². The van der Waals surface area contributed by atoms with Crippen LogP contribution in [0.5, 0.6) is 5.75 Å². The second-order valence-corrected chi connectivity index (χ2v) is 8.55. The van der Waals surface area contributed by atoms with Crippen molar-refractivity contribution in [1.29, 1.82) is 0 Å². The first-order valence-corrected chi connectivity index (χ1v) is 10.8. The summed E-state index contributed by atoms with van der Waals surface area (Å²) in [5, 5.41) is 18.8. The summed E-state index contributed by atoms with van der Waals surface area (Å²) < 4.78 is 37.5. The van der Waals surface area contributed by atoms with Crippen LogP contribution in [0.15, 0.2) is 53.7 Å². The van der Waals surface area contributed by atoms with E-state index in [4.69, 9.17) is 14.7 Å². The predicted octanol–water partition coefficient (Wildman–Crippen LogP) is 1.29. The van der Waals surface area contributed by atoms with Gasteiger partial charge in [0.1, 0.15) is 11.9 Å². The summed E-state index contributed by atoms with van der Waals surface area (Å²) in [6, 6.07) is 9.64. The summed E-state index contributed by atoms with van der Waals surface area (Å²) >= 11 is 0. The molecule has 1 aromatic heterocycles. The van der Waals surface area contributed by atoms with Gasteiger partial charge in [-0.2, -0.15) is 4.31 Å². The molecule has 0 spiro atoms. The lowest BCUT2D eigenvalue weighted by atomic mass is 10.1. The summed E-state index contributed by atoms with van der Waals surface area (Å²) in [5.74, 6) is 0.508. The van der Waals surface area contributed by atoms with Crippen LogP contribution in [0.4, 0.5) is 4.79 Å². The zero-order chi connectivity index (χ0) is 21.6. The first-order valence-electron chi connectivity index (χ1n) is 9.34. The number of piperidine rings is 1. The highest BCUT2D eigenvalue weighted by molar-refractivity contribution is 7.89. The van der Waals surface area contributed by atoms with Crippen LogP contribution in [0.2, 0.25) is 0 Å². The molecule has 1 aromatic carbocycles. The number of rotatable bonds is 7. The molecule has 2 aromatic rings. The molecule has 1 aliphatic rings. The Hall–Kier alpha value is -2.73. The molecule has 30 heavy (non-hydrogen) atoms. The molecule has 1 amide bonds. The number of pyridine rings is 1. The Bertz CT molecular complexity index is 938. The van der Waals surface area contributed by atoms with Gasteiger partial charge in [-0.1, -0.05) is 0 Å². The zero-order valence-electron chi connectivity index (χ0n) is 16.0. The quantitative estimate of drug-likeness (QED) is 0.435. The number of hydrogen-bond donors (Lipinski definition) is 3. The molecule has 162 valence electrons. The van der Waals surface area contributed by atoms with Crippen molar-refractivity contribution in [3.8, 4) is 5.75 Å². The minimum absolute atomic E-state index is 0.0314. The molecule has 11 heteroatoms. The molecule has 1 fully saturated rings. The van der Waals surface area contributed by atoms with Crippen LogP contribution in [0, 0.1) is 0 Å². The topological polar surface area (TPSA) is 138 Å². The summed E-state index contributed by atoms with van der Waals surface area (Å²) in [7, 11) is -4.05. The van der Waals surface area contributed by atoms with Gasteiger partial charge in [0, 0.05) is 25.4 Å². The number of benzene rings is 1. The summed E-state index contributed by atoms with van der Waals surface area (Å²) in [6.45, 7) is 0.480. The van der Waals surface area contributed by atoms with E-state index < -0.39 is 28.4 Å². The Kier molecular flexibility index (Phi) is 7.21. The second kappa shape index (κ2) is 9.85. The van der Waals surface area contributed by atoms with Crippen molar-refractivity contribution in [2.45, 2.75) is 36.5 Å². The normalized spacial score (nSPS) is 19.8. The number of carbonyl (C=O) groups excluding carboxylic acids is 1. The smallest absolute Gasteiger partial charge is 0.432 e. The summed E-state index contributed by atoms with van der Waals surface area (Å²) in [4.78, 5) is 15.3. The molecule has 3 N–H and O–H groups in total. The number of amides is 1. The molecule has 0 unspecified atom stereocenters. The molecule has 0 saturated carbocycles. The number of aliphatic hydroxyl groups is 1. The molecule has 0 radical (unpaired) electrons. The van der Waals surface area contributed by atoms with Crippen molar-refractivity contribution in [3.63, 3.8) is 0 Å². The minimum Gasteiger partial charge on any atom is -0.493 e. The number of hydrogen-bond acceptors (Lipinski definition) is 8. The molecular weight excluding hydrogens is 414 g/mol. The van der Waals surface area contributed by atoms with Crippen LogP contribution in [0.1, 0.15) is 18.4 Å². The third kappa shape index (κ3) is 5.25. The van der Waals surface area contributed by atoms with E-state index in [-0.39, 0.29) is 17.9 Å². The van der Waals surface area contributed by atoms with Crippen LogP contribution in [0.3, 0.4) is 0 Å². The Morgan fingerprint density at radius 1 is 1.20 bits per heavy atom. The van der Waals surface area contributed by atoms with Crippen molar-refractivity contribution in [2.24, 2.45) is 0 Å². The minimum atomic E-state index is -4.05.